The van der Waals surface area contributed by atoms with Crippen LogP contribution in [0.15, 0.2) is 60.0 Å². The molecule has 0 aliphatic carbocycles. The van der Waals surface area contributed by atoms with Crippen LogP contribution in [-0.2, 0) is 16.6 Å². The molecule has 0 radical (unpaired) electrons. The third-order valence-electron chi connectivity index (χ3n) is 3.38. The Hall–Kier alpha value is -2.38. The van der Waals surface area contributed by atoms with E-state index in [1.807, 2.05) is 12.1 Å². The molecule has 3 rings (SSSR count). The molecule has 1 N–H and O–H groups in total. The average Bonchev–Trinajstić information content (AvgIpc) is 2.94. The topological polar surface area (TPSA) is 76.9 Å². The molecular formula is C16H15ClN4O2S. The van der Waals surface area contributed by atoms with E-state index in [9.17, 15) is 8.42 Å². The molecule has 124 valence electrons. The number of halogens is 1. The van der Waals surface area contributed by atoms with Gasteiger partial charge in [0.2, 0.25) is 0 Å². The van der Waals surface area contributed by atoms with Gasteiger partial charge in [0.15, 0.2) is 0 Å². The summed E-state index contributed by atoms with van der Waals surface area (Å²) >= 11 is 5.87. The average molecular weight is 363 g/mol. The number of anilines is 1. The maximum absolute atomic E-state index is 12.5. The fourth-order valence-corrected chi connectivity index (χ4v) is 3.79. The number of hydrogen-bond donors (Lipinski definition) is 1. The number of pyridine rings is 1. The van der Waals surface area contributed by atoms with Crippen molar-refractivity contribution in [2.24, 2.45) is 0 Å². The highest BCUT2D eigenvalue weighted by Gasteiger charge is 2.17. The van der Waals surface area contributed by atoms with Crippen LogP contribution in [0.5, 0.6) is 0 Å². The van der Waals surface area contributed by atoms with Gasteiger partial charge < -0.3 is 0 Å². The zero-order valence-electron chi connectivity index (χ0n) is 12.8. The molecule has 2 aromatic heterocycles. The second-order valence-corrected chi connectivity index (χ2v) is 7.39. The molecule has 0 amide bonds. The van der Waals surface area contributed by atoms with Gasteiger partial charge >= 0.3 is 0 Å². The van der Waals surface area contributed by atoms with Crippen molar-refractivity contribution >= 4 is 27.3 Å². The van der Waals surface area contributed by atoms with Gasteiger partial charge in [-0.25, -0.2) is 8.42 Å². The van der Waals surface area contributed by atoms with Crippen molar-refractivity contribution in [3.63, 3.8) is 0 Å². The molecule has 0 bridgehead atoms. The molecule has 6 nitrogen and oxygen atoms in total. The highest BCUT2D eigenvalue weighted by atomic mass is 35.5. The summed E-state index contributed by atoms with van der Waals surface area (Å²) in [6.45, 7) is 2.21. The van der Waals surface area contributed by atoms with Crippen molar-refractivity contribution in [2.45, 2.75) is 18.4 Å². The number of hydrogen-bond acceptors (Lipinski definition) is 4. The lowest BCUT2D eigenvalue weighted by molar-refractivity contribution is 0.600. The van der Waals surface area contributed by atoms with Crippen molar-refractivity contribution in [2.75, 3.05) is 4.72 Å². The maximum Gasteiger partial charge on any atom is 0.262 e. The molecule has 8 heteroatoms. The molecule has 1 aromatic carbocycles. The summed E-state index contributed by atoms with van der Waals surface area (Å²) < 4.78 is 29.2. The van der Waals surface area contributed by atoms with E-state index in [4.69, 9.17) is 11.6 Å². The summed E-state index contributed by atoms with van der Waals surface area (Å²) in [6.07, 6.45) is 6.54. The van der Waals surface area contributed by atoms with Crippen LogP contribution in [0.4, 0.5) is 5.69 Å². The van der Waals surface area contributed by atoms with E-state index in [0.29, 0.717) is 22.8 Å². The van der Waals surface area contributed by atoms with Gasteiger partial charge in [-0.3, -0.25) is 14.4 Å². The molecule has 0 saturated carbocycles. The van der Waals surface area contributed by atoms with E-state index in [-0.39, 0.29) is 4.90 Å². The molecule has 0 atom stereocenters. The van der Waals surface area contributed by atoms with Crippen molar-refractivity contribution in [3.05, 3.63) is 71.3 Å². The highest BCUT2D eigenvalue weighted by molar-refractivity contribution is 7.92. The van der Waals surface area contributed by atoms with Crippen LogP contribution in [0.1, 0.15) is 11.1 Å². The number of aromatic nitrogens is 3. The lowest BCUT2D eigenvalue weighted by Crippen LogP contribution is -2.13. The second kappa shape index (κ2) is 6.62. The molecule has 0 saturated heterocycles. The normalized spacial score (nSPS) is 11.4. The predicted octanol–water partition coefficient (Wildman–Crippen LogP) is 3.09. The van der Waals surface area contributed by atoms with E-state index in [1.54, 1.807) is 42.3 Å². The molecule has 0 fully saturated rings. The van der Waals surface area contributed by atoms with Crippen LogP contribution in [0.2, 0.25) is 5.02 Å². The Morgan fingerprint density at radius 1 is 1.25 bits per heavy atom. The van der Waals surface area contributed by atoms with Gasteiger partial charge in [0, 0.05) is 23.6 Å². The van der Waals surface area contributed by atoms with Crippen LogP contribution in [0, 0.1) is 6.92 Å². The Morgan fingerprint density at radius 2 is 2.08 bits per heavy atom. The molecule has 0 unspecified atom stereocenters. The zero-order chi connectivity index (χ0) is 17.2. The first kappa shape index (κ1) is 16.5. The third kappa shape index (κ3) is 3.74. The van der Waals surface area contributed by atoms with Gasteiger partial charge in [-0.15, -0.1) is 0 Å². The minimum atomic E-state index is -3.69. The number of benzene rings is 1. The molecule has 2 heterocycles. The van der Waals surface area contributed by atoms with E-state index < -0.39 is 10.0 Å². The molecule has 24 heavy (non-hydrogen) atoms. The van der Waals surface area contributed by atoms with Gasteiger partial charge in [0.1, 0.15) is 0 Å². The van der Waals surface area contributed by atoms with Gasteiger partial charge in [-0.1, -0.05) is 17.7 Å². The summed E-state index contributed by atoms with van der Waals surface area (Å²) in [6, 6.07) is 8.41. The first-order valence-corrected chi connectivity index (χ1v) is 9.00. The Labute approximate surface area is 145 Å². The second-order valence-electron chi connectivity index (χ2n) is 5.30. The van der Waals surface area contributed by atoms with Crippen LogP contribution in [0.3, 0.4) is 0 Å². The van der Waals surface area contributed by atoms with Gasteiger partial charge in [-0.2, -0.15) is 5.10 Å². The molecule has 0 spiro atoms. The molecule has 0 aliphatic rings. The largest absolute Gasteiger partial charge is 0.276 e. The van der Waals surface area contributed by atoms with Crippen molar-refractivity contribution in [1.29, 1.82) is 0 Å². The van der Waals surface area contributed by atoms with Crippen LogP contribution < -0.4 is 4.72 Å². The summed E-state index contributed by atoms with van der Waals surface area (Å²) in [5, 5.41) is 4.66. The summed E-state index contributed by atoms with van der Waals surface area (Å²) in [5.74, 6) is 0. The minimum absolute atomic E-state index is 0.187. The molecular weight excluding hydrogens is 348 g/mol. The van der Waals surface area contributed by atoms with Crippen LogP contribution >= 0.6 is 11.6 Å². The fraction of sp³-hybridized carbons (Fsp3) is 0.125. The summed E-state index contributed by atoms with van der Waals surface area (Å²) in [7, 11) is -3.69. The number of nitrogens with one attached hydrogen (secondary N) is 1. The van der Waals surface area contributed by atoms with Crippen LogP contribution in [0.25, 0.3) is 0 Å². The fourth-order valence-electron chi connectivity index (χ4n) is 2.31. The van der Waals surface area contributed by atoms with Crippen molar-refractivity contribution in [1.82, 2.24) is 14.8 Å². The summed E-state index contributed by atoms with van der Waals surface area (Å²) in [4.78, 5) is 4.23. The smallest absolute Gasteiger partial charge is 0.262 e. The first-order chi connectivity index (χ1) is 11.4. The Kier molecular flexibility index (Phi) is 4.55. The Balaban J connectivity index is 1.78. The third-order valence-corrected chi connectivity index (χ3v) is 5.16. The lowest BCUT2D eigenvalue weighted by Gasteiger charge is -2.09. The zero-order valence-corrected chi connectivity index (χ0v) is 14.4. The van der Waals surface area contributed by atoms with Gasteiger partial charge in [-0.05, 0) is 42.3 Å². The van der Waals surface area contributed by atoms with E-state index >= 15 is 0 Å². The standard InChI is InChI=1S/C16H15ClN4O2S/c1-12-7-14(17)4-5-16(12)24(22,23)20-15-9-19-21(11-15)10-13-3-2-6-18-8-13/h2-9,11,20H,10H2,1H3. The van der Waals surface area contributed by atoms with E-state index in [0.717, 1.165) is 5.56 Å². The maximum atomic E-state index is 12.5. The summed E-state index contributed by atoms with van der Waals surface area (Å²) in [5.41, 5.74) is 1.95. The Morgan fingerprint density at radius 3 is 2.79 bits per heavy atom. The Bertz CT molecular complexity index is 955. The van der Waals surface area contributed by atoms with Crippen LogP contribution in [-0.4, -0.2) is 23.2 Å². The van der Waals surface area contributed by atoms with Crippen molar-refractivity contribution < 1.29 is 8.42 Å². The lowest BCUT2D eigenvalue weighted by atomic mass is 10.2. The van der Waals surface area contributed by atoms with Gasteiger partial charge in [0.05, 0.1) is 23.3 Å². The monoisotopic (exact) mass is 362 g/mol. The van der Waals surface area contributed by atoms with Gasteiger partial charge in [0.25, 0.3) is 10.0 Å². The molecule has 3 aromatic rings. The highest BCUT2D eigenvalue weighted by Crippen LogP contribution is 2.22. The van der Waals surface area contributed by atoms with E-state index in [1.165, 1.54) is 12.3 Å². The van der Waals surface area contributed by atoms with Crippen molar-refractivity contribution in [3.8, 4) is 0 Å². The minimum Gasteiger partial charge on any atom is -0.276 e. The first-order valence-electron chi connectivity index (χ1n) is 7.14. The van der Waals surface area contributed by atoms with E-state index in [2.05, 4.69) is 14.8 Å². The SMILES string of the molecule is Cc1cc(Cl)ccc1S(=O)(=O)Nc1cnn(Cc2cccnc2)c1. The number of aryl methyl sites for hydroxylation is 1. The number of sulfonamides is 1. The number of nitrogens with zero attached hydrogens (tertiary/aromatic N) is 3. The number of rotatable bonds is 5. The quantitative estimate of drug-likeness (QED) is 0.756. The predicted molar refractivity (Wildman–Crippen MR) is 92.6 cm³/mol. The molecule has 0 aliphatic heterocycles.